The number of amides is 3. The molecule has 0 aliphatic carbocycles. The summed E-state index contributed by atoms with van der Waals surface area (Å²) in [5.41, 5.74) is 0.269. The molecule has 0 spiro atoms. The van der Waals surface area contributed by atoms with Crippen molar-refractivity contribution >= 4 is 29.1 Å². The molecule has 0 unspecified atom stereocenters. The standard InChI is InChI=1S/C20H21F2N3O3/c1-11(2)18(25-19(27)17-15(21)5-4-6-16(17)22)20(28)24-14-9-7-13(8-10-14)23-12(3)26/h4-11,18H,1-3H3,(H,23,26)(H,24,28)(H,25,27)/t18-/m0/s1. The van der Waals surface area contributed by atoms with Crippen molar-refractivity contribution in [1.82, 2.24) is 5.32 Å². The van der Waals surface area contributed by atoms with Crippen LogP contribution in [0.3, 0.4) is 0 Å². The Kier molecular flexibility index (Phi) is 6.81. The topological polar surface area (TPSA) is 87.3 Å². The summed E-state index contributed by atoms with van der Waals surface area (Å²) in [5.74, 6) is -4.11. The molecule has 6 nitrogen and oxygen atoms in total. The van der Waals surface area contributed by atoms with Crippen molar-refractivity contribution in [2.24, 2.45) is 5.92 Å². The summed E-state index contributed by atoms with van der Waals surface area (Å²) in [7, 11) is 0. The number of hydrogen-bond donors (Lipinski definition) is 3. The minimum atomic E-state index is -1.01. The van der Waals surface area contributed by atoms with Gasteiger partial charge < -0.3 is 16.0 Å². The normalized spacial score (nSPS) is 11.6. The molecule has 3 amide bonds. The Bertz CT molecular complexity index is 863. The summed E-state index contributed by atoms with van der Waals surface area (Å²) < 4.78 is 27.6. The number of benzene rings is 2. The van der Waals surface area contributed by atoms with Gasteiger partial charge in [0.1, 0.15) is 23.2 Å². The lowest BCUT2D eigenvalue weighted by molar-refractivity contribution is -0.119. The first-order valence-electron chi connectivity index (χ1n) is 8.62. The Morgan fingerprint density at radius 3 is 1.82 bits per heavy atom. The Morgan fingerprint density at radius 1 is 0.857 bits per heavy atom. The predicted molar refractivity (Wildman–Crippen MR) is 102 cm³/mol. The highest BCUT2D eigenvalue weighted by Gasteiger charge is 2.27. The molecule has 1 atom stereocenters. The Balaban J connectivity index is 2.11. The maximum Gasteiger partial charge on any atom is 0.257 e. The molecule has 0 aliphatic heterocycles. The number of rotatable bonds is 6. The van der Waals surface area contributed by atoms with E-state index in [1.807, 2.05) is 0 Å². The average molecular weight is 389 g/mol. The van der Waals surface area contributed by atoms with E-state index >= 15 is 0 Å². The van der Waals surface area contributed by atoms with E-state index in [1.165, 1.54) is 6.92 Å². The van der Waals surface area contributed by atoms with E-state index < -0.39 is 35.1 Å². The summed E-state index contributed by atoms with van der Waals surface area (Å²) in [4.78, 5) is 35.9. The van der Waals surface area contributed by atoms with E-state index in [9.17, 15) is 23.2 Å². The van der Waals surface area contributed by atoms with Crippen molar-refractivity contribution in [3.63, 3.8) is 0 Å². The zero-order valence-corrected chi connectivity index (χ0v) is 15.7. The van der Waals surface area contributed by atoms with Crippen LogP contribution in [0, 0.1) is 17.6 Å². The first kappa shape index (κ1) is 21.0. The molecule has 148 valence electrons. The van der Waals surface area contributed by atoms with Gasteiger partial charge in [-0.2, -0.15) is 0 Å². The second-order valence-corrected chi connectivity index (χ2v) is 6.54. The second kappa shape index (κ2) is 9.07. The molecule has 8 heteroatoms. The highest BCUT2D eigenvalue weighted by Crippen LogP contribution is 2.16. The molecule has 3 N–H and O–H groups in total. The van der Waals surface area contributed by atoms with Gasteiger partial charge in [0, 0.05) is 18.3 Å². The zero-order chi connectivity index (χ0) is 20.8. The van der Waals surface area contributed by atoms with Crippen molar-refractivity contribution < 1.29 is 23.2 Å². The fourth-order valence-electron chi connectivity index (χ4n) is 2.52. The molecule has 0 saturated carbocycles. The minimum Gasteiger partial charge on any atom is -0.340 e. The van der Waals surface area contributed by atoms with Gasteiger partial charge in [-0.15, -0.1) is 0 Å². The molecule has 0 fully saturated rings. The van der Waals surface area contributed by atoms with Crippen LogP contribution < -0.4 is 16.0 Å². The monoisotopic (exact) mass is 389 g/mol. The van der Waals surface area contributed by atoms with Gasteiger partial charge in [0.15, 0.2) is 0 Å². The van der Waals surface area contributed by atoms with Crippen LogP contribution in [0.15, 0.2) is 42.5 Å². The quantitative estimate of drug-likeness (QED) is 0.708. The van der Waals surface area contributed by atoms with E-state index in [1.54, 1.807) is 38.1 Å². The van der Waals surface area contributed by atoms with Crippen LogP contribution in [0.4, 0.5) is 20.2 Å². The lowest BCUT2D eigenvalue weighted by Gasteiger charge is -2.22. The molecular formula is C20H21F2N3O3. The molecule has 0 aliphatic rings. The van der Waals surface area contributed by atoms with Crippen LogP contribution in [-0.4, -0.2) is 23.8 Å². The van der Waals surface area contributed by atoms with Crippen molar-refractivity contribution in [3.8, 4) is 0 Å². The largest absolute Gasteiger partial charge is 0.340 e. The number of hydrogen-bond acceptors (Lipinski definition) is 3. The number of halogens is 2. The van der Waals surface area contributed by atoms with Crippen LogP contribution in [0.2, 0.25) is 0 Å². The summed E-state index contributed by atoms with van der Waals surface area (Å²) >= 11 is 0. The van der Waals surface area contributed by atoms with Gasteiger partial charge in [-0.05, 0) is 42.3 Å². The summed E-state index contributed by atoms with van der Waals surface area (Å²) in [6.07, 6.45) is 0. The zero-order valence-electron chi connectivity index (χ0n) is 15.7. The van der Waals surface area contributed by atoms with Gasteiger partial charge in [-0.1, -0.05) is 19.9 Å². The number of carbonyl (C=O) groups is 3. The van der Waals surface area contributed by atoms with Crippen LogP contribution in [0.1, 0.15) is 31.1 Å². The number of nitrogens with one attached hydrogen (secondary N) is 3. The Labute approximate surface area is 161 Å². The molecule has 0 saturated heterocycles. The van der Waals surface area contributed by atoms with Crippen LogP contribution in [0.25, 0.3) is 0 Å². The minimum absolute atomic E-state index is 0.222. The molecule has 0 heterocycles. The van der Waals surface area contributed by atoms with E-state index in [2.05, 4.69) is 16.0 Å². The maximum absolute atomic E-state index is 13.8. The van der Waals surface area contributed by atoms with Crippen molar-refractivity contribution in [2.45, 2.75) is 26.8 Å². The maximum atomic E-state index is 13.8. The van der Waals surface area contributed by atoms with Crippen LogP contribution in [-0.2, 0) is 9.59 Å². The fraction of sp³-hybridized carbons (Fsp3) is 0.250. The third-order valence-electron chi connectivity index (χ3n) is 3.90. The van der Waals surface area contributed by atoms with Crippen molar-refractivity contribution in [3.05, 3.63) is 59.7 Å². The third kappa shape index (κ3) is 5.35. The second-order valence-electron chi connectivity index (χ2n) is 6.54. The molecule has 28 heavy (non-hydrogen) atoms. The summed E-state index contributed by atoms with van der Waals surface area (Å²) in [5, 5.41) is 7.62. The summed E-state index contributed by atoms with van der Waals surface area (Å²) in [6, 6.07) is 8.46. The average Bonchev–Trinajstić information content (AvgIpc) is 2.60. The van der Waals surface area contributed by atoms with E-state index in [0.29, 0.717) is 11.4 Å². The molecule has 0 bridgehead atoms. The molecule has 2 rings (SSSR count). The molecule has 2 aromatic carbocycles. The van der Waals surface area contributed by atoms with Crippen molar-refractivity contribution in [2.75, 3.05) is 10.6 Å². The molecular weight excluding hydrogens is 368 g/mol. The van der Waals surface area contributed by atoms with Gasteiger partial charge in [0.05, 0.1) is 0 Å². The highest BCUT2D eigenvalue weighted by molar-refractivity contribution is 6.01. The van der Waals surface area contributed by atoms with Crippen LogP contribution >= 0.6 is 0 Å². The van der Waals surface area contributed by atoms with E-state index in [0.717, 1.165) is 18.2 Å². The number of anilines is 2. The lowest BCUT2D eigenvalue weighted by atomic mass is 10.0. The first-order valence-corrected chi connectivity index (χ1v) is 8.62. The molecule has 0 radical (unpaired) electrons. The molecule has 0 aromatic heterocycles. The van der Waals surface area contributed by atoms with Gasteiger partial charge in [0.2, 0.25) is 11.8 Å². The van der Waals surface area contributed by atoms with Gasteiger partial charge in [-0.3, -0.25) is 14.4 Å². The van der Waals surface area contributed by atoms with Crippen molar-refractivity contribution in [1.29, 1.82) is 0 Å². The van der Waals surface area contributed by atoms with E-state index in [4.69, 9.17) is 0 Å². The lowest BCUT2D eigenvalue weighted by Crippen LogP contribution is -2.47. The Morgan fingerprint density at radius 2 is 1.36 bits per heavy atom. The smallest absolute Gasteiger partial charge is 0.257 e. The fourth-order valence-corrected chi connectivity index (χ4v) is 2.52. The third-order valence-corrected chi connectivity index (χ3v) is 3.90. The summed E-state index contributed by atoms with van der Waals surface area (Å²) in [6.45, 7) is 4.77. The van der Waals surface area contributed by atoms with Gasteiger partial charge in [-0.25, -0.2) is 8.78 Å². The first-order chi connectivity index (χ1) is 13.2. The SMILES string of the molecule is CC(=O)Nc1ccc(NC(=O)[C@@H](NC(=O)c2c(F)cccc2F)C(C)C)cc1. The van der Waals surface area contributed by atoms with Crippen LogP contribution in [0.5, 0.6) is 0 Å². The molecule has 2 aromatic rings. The van der Waals surface area contributed by atoms with Gasteiger partial charge >= 0.3 is 0 Å². The number of carbonyl (C=O) groups excluding carboxylic acids is 3. The Hall–Kier alpha value is -3.29. The highest BCUT2D eigenvalue weighted by atomic mass is 19.1. The van der Waals surface area contributed by atoms with Gasteiger partial charge in [0.25, 0.3) is 5.91 Å². The predicted octanol–water partition coefficient (Wildman–Crippen LogP) is 3.32. The van der Waals surface area contributed by atoms with E-state index in [-0.39, 0.29) is 11.8 Å².